The third-order valence-electron chi connectivity index (χ3n) is 0. The normalized spacial score (nSPS) is 3.50. The van der Waals surface area contributed by atoms with Gasteiger partial charge in [0, 0.05) is 5.97 Å². The summed E-state index contributed by atoms with van der Waals surface area (Å²) in [4.78, 5) is 17.4. The molecule has 0 radical (unpaired) electrons. The smallest absolute Gasteiger partial charge is 0.693 e. The minimum absolute atomic E-state index is 0. The Morgan fingerprint density at radius 3 is 1.07 bits per heavy atom. The zero-order valence-corrected chi connectivity index (χ0v) is 8.33. The van der Waals surface area contributed by atoms with Crippen molar-refractivity contribution in [3.8, 4) is 0 Å². The van der Waals surface area contributed by atoms with E-state index in [9.17, 15) is 0 Å². The topological polar surface area (TPSA) is 268 Å². The van der Waals surface area contributed by atoms with Crippen molar-refractivity contribution in [2.75, 3.05) is 0 Å². The van der Waals surface area contributed by atoms with Crippen molar-refractivity contribution in [1.82, 2.24) is 0 Å². The van der Waals surface area contributed by atoms with Crippen molar-refractivity contribution >= 4 is 5.97 Å². The number of aliphatic carboxylic acids is 1. The maximum atomic E-state index is 8.89. The van der Waals surface area contributed by atoms with Gasteiger partial charge in [-0.25, -0.2) is 10.4 Å². The number of rotatable bonds is 0. The van der Waals surface area contributed by atoms with Gasteiger partial charge in [-0.15, -0.1) is 0 Å². The maximum Gasteiger partial charge on any atom is 3.00 e. The van der Waals surface area contributed by atoms with Crippen molar-refractivity contribution in [3.05, 3.63) is 35.7 Å². The molecule has 0 aromatic rings. The maximum absolute atomic E-state index is 8.89. The molecule has 0 aromatic heterocycles. The molecule has 0 saturated carbocycles. The van der Waals surface area contributed by atoms with Gasteiger partial charge in [0.2, 0.25) is 0 Å². The number of carbonyl (C=O) groups excluding carboxylic acids is 1. The SMILES string of the molecule is CC(=O)[O-].O=[N+](O)O.[Co+3].[NH2-].[NH2-].[NH2-].[NH2-].[NH2-]. The molecule has 0 unspecified atom stereocenters. The molecule has 0 aliphatic rings. The number of carboxylic acid groups (broad SMARTS) is 1. The third-order valence-corrected chi connectivity index (χ3v) is 0. The van der Waals surface area contributed by atoms with E-state index >= 15 is 0 Å². The van der Waals surface area contributed by atoms with Gasteiger partial charge >= 0.3 is 21.9 Å². The quantitative estimate of drug-likeness (QED) is 0.616. The molecule has 0 amide bonds. The number of nitrogens with zero attached hydrogens (tertiary/aromatic N) is 1. The van der Waals surface area contributed by atoms with Gasteiger partial charge in [-0.2, -0.15) is 0 Å². The zero-order valence-electron chi connectivity index (χ0n) is 7.29. The predicted octanol–water partition coefficient (Wildman–Crippen LogP) is 1.88. The molecule has 12 heteroatoms. The van der Waals surface area contributed by atoms with Crippen LogP contribution >= 0.6 is 0 Å². The van der Waals surface area contributed by atoms with Crippen LogP contribution in [0.1, 0.15) is 6.92 Å². The Labute approximate surface area is 91.5 Å². The van der Waals surface area contributed by atoms with Gasteiger partial charge in [-0.1, -0.05) is 0 Å². The number of nitrogens with two attached hydrogens (primary N) is 5. The largest absolute Gasteiger partial charge is 3.00 e. The monoisotopic (exact) mass is 262 g/mol. The van der Waals surface area contributed by atoms with Crippen LogP contribution in [0.15, 0.2) is 0 Å². The number of carboxylic acids is 1. The molecule has 94 valence electrons. The van der Waals surface area contributed by atoms with Crippen molar-refractivity contribution in [1.29, 1.82) is 0 Å². The second-order valence-electron chi connectivity index (χ2n) is 0.744. The Balaban J connectivity index is -0.00000000600. The molecule has 0 aliphatic carbocycles. The summed E-state index contributed by atoms with van der Waals surface area (Å²) in [7, 11) is 0. The molecule has 0 aromatic carbocycles. The molecule has 14 heavy (non-hydrogen) atoms. The Hall–Kier alpha value is -1.02. The van der Waals surface area contributed by atoms with E-state index in [1.54, 1.807) is 0 Å². The van der Waals surface area contributed by atoms with E-state index in [1.165, 1.54) is 0 Å². The molecule has 0 fully saturated rings. The first kappa shape index (κ1) is 75.2. The molecule has 11 nitrogen and oxygen atoms in total. The molecule has 0 heterocycles. The summed E-state index contributed by atoms with van der Waals surface area (Å²) in [5.41, 5.74) is 0. The first-order valence-corrected chi connectivity index (χ1v) is 1.49. The Morgan fingerprint density at radius 1 is 1.07 bits per heavy atom. The van der Waals surface area contributed by atoms with Crippen LogP contribution in [-0.4, -0.2) is 21.5 Å². The van der Waals surface area contributed by atoms with Gasteiger partial charge in [0.05, 0.1) is 0 Å². The van der Waals surface area contributed by atoms with Crippen molar-refractivity contribution in [3.63, 3.8) is 0 Å². The van der Waals surface area contributed by atoms with Crippen LogP contribution in [0.3, 0.4) is 0 Å². The molecule has 0 spiro atoms. The Kier molecular flexibility index (Phi) is 313. The van der Waals surface area contributed by atoms with E-state index in [0.29, 0.717) is 0 Å². The van der Waals surface area contributed by atoms with Crippen molar-refractivity contribution in [2.45, 2.75) is 6.92 Å². The number of carbonyl (C=O) groups is 1. The van der Waals surface area contributed by atoms with Crippen LogP contribution in [0.4, 0.5) is 0 Å². The third kappa shape index (κ3) is 1040. The first-order chi connectivity index (χ1) is 3.46. The minimum Gasteiger partial charge on any atom is -0.693 e. The van der Waals surface area contributed by atoms with E-state index < -0.39 is 11.1 Å². The average molecular weight is 262 g/mol. The van der Waals surface area contributed by atoms with Crippen LogP contribution in [0.5, 0.6) is 0 Å². The standard InChI is InChI=1S/C2H4O2.Co.H2NO3.5H2N/c1-2(3)4;;2-1(3)4;;;;;/h1H3,(H,3,4);;(H2,2,3,4);5*1H2/q;+3;+1;5*-1/p-1. The van der Waals surface area contributed by atoms with Gasteiger partial charge in [0.1, 0.15) is 4.91 Å². The molecular weight excluding hydrogens is 247 g/mol. The molecule has 0 atom stereocenters. The van der Waals surface area contributed by atoms with E-state index in [2.05, 4.69) is 0 Å². The summed E-state index contributed by atoms with van der Waals surface area (Å²) < 4.78 is 0. The fraction of sp³-hybridized carbons (Fsp3) is 0.500. The van der Waals surface area contributed by atoms with E-state index in [1.807, 2.05) is 0 Å². The van der Waals surface area contributed by atoms with E-state index in [-0.39, 0.29) is 47.5 Å². The second-order valence-corrected chi connectivity index (χ2v) is 0.744. The van der Waals surface area contributed by atoms with Crippen LogP contribution in [0, 0.1) is 4.91 Å². The van der Waals surface area contributed by atoms with Gasteiger partial charge in [-0.3, -0.25) is 0 Å². The van der Waals surface area contributed by atoms with Gasteiger partial charge in [-0.05, 0) is 6.92 Å². The first-order valence-electron chi connectivity index (χ1n) is 1.49. The van der Waals surface area contributed by atoms with Crippen LogP contribution in [0.25, 0.3) is 30.8 Å². The van der Waals surface area contributed by atoms with Gasteiger partial charge < -0.3 is 40.7 Å². The Bertz CT molecular complexity index is 82.2. The Morgan fingerprint density at radius 2 is 1.07 bits per heavy atom. The molecule has 0 saturated heterocycles. The second kappa shape index (κ2) is 58.3. The molecule has 0 rings (SSSR count). The summed E-state index contributed by atoms with van der Waals surface area (Å²) in [6, 6.07) is 0. The number of hydrogen-bond acceptors (Lipinski definition) is 3. The van der Waals surface area contributed by atoms with E-state index in [4.69, 9.17) is 25.2 Å². The summed E-state index contributed by atoms with van der Waals surface area (Å²) in [5, 5.41) is 21.4. The fourth-order valence-electron chi connectivity index (χ4n) is 0. The molecule has 0 aliphatic heterocycles. The summed E-state index contributed by atoms with van der Waals surface area (Å²) in [6.45, 7) is 0.972. The van der Waals surface area contributed by atoms with Crippen LogP contribution < -0.4 is 5.11 Å². The summed E-state index contributed by atoms with van der Waals surface area (Å²) >= 11 is 0. The molecular formula is C2H15CoN6O5-2. The fourth-order valence-corrected chi connectivity index (χ4v) is 0. The summed E-state index contributed by atoms with van der Waals surface area (Å²) in [5.74, 6) is -1.08. The average Bonchev–Trinajstić information content (AvgIpc) is 1.25. The van der Waals surface area contributed by atoms with Gasteiger partial charge in [0.25, 0.3) is 0 Å². The van der Waals surface area contributed by atoms with Crippen molar-refractivity contribution in [2.24, 2.45) is 0 Å². The number of hydrogen-bond donors (Lipinski definition) is 2. The van der Waals surface area contributed by atoms with Crippen LogP contribution in [0.2, 0.25) is 0 Å². The van der Waals surface area contributed by atoms with Crippen LogP contribution in [-0.2, 0) is 21.6 Å². The summed E-state index contributed by atoms with van der Waals surface area (Å²) in [6.07, 6.45) is 0. The minimum atomic E-state index is -1.25. The van der Waals surface area contributed by atoms with Crippen molar-refractivity contribution < 1.29 is 42.2 Å². The zero-order chi connectivity index (χ0) is 7.15. The molecule has 12 N–H and O–H groups in total. The van der Waals surface area contributed by atoms with Gasteiger partial charge in [0.15, 0.2) is 0 Å². The predicted molar refractivity (Wildman–Crippen MR) is 44.3 cm³/mol. The van der Waals surface area contributed by atoms with E-state index in [0.717, 1.165) is 6.92 Å². The molecule has 0 bridgehead atoms.